The normalized spacial score (nSPS) is 14.3. The largest absolute Gasteiger partial charge is 0.478 e. The number of carbonyl (C=O) groups is 3. The Labute approximate surface area is 294 Å². The van der Waals surface area contributed by atoms with Crippen LogP contribution >= 0.6 is 0 Å². The molecule has 0 bridgehead atoms. The van der Waals surface area contributed by atoms with Crippen LogP contribution in [-0.2, 0) is 17.8 Å². The SMILES string of the molecule is CC(C)(C)OC(=O)NC1CN(C(=O)Oc2c3c(c(OC(c4ccccc4)c4ccccc4)c4ncccc24)C(=O)N(Cc2ccc(F)cc2)C3)C1. The van der Waals surface area contributed by atoms with E-state index in [1.807, 2.05) is 60.7 Å². The highest BCUT2D eigenvalue weighted by molar-refractivity contribution is 6.09. The number of halogens is 1. The molecular weight excluding hydrogens is 651 g/mol. The lowest BCUT2D eigenvalue weighted by molar-refractivity contribution is 0.0407. The third-order valence-corrected chi connectivity index (χ3v) is 8.70. The Morgan fingerprint density at radius 1 is 0.902 bits per heavy atom. The molecular formula is C40H37FN4O6. The van der Waals surface area contributed by atoms with Gasteiger partial charge in [-0.05, 0) is 61.7 Å². The van der Waals surface area contributed by atoms with Crippen molar-refractivity contribution in [2.24, 2.45) is 0 Å². The minimum atomic E-state index is -0.651. The van der Waals surface area contributed by atoms with E-state index in [2.05, 4.69) is 10.3 Å². The van der Waals surface area contributed by atoms with Gasteiger partial charge in [-0.25, -0.2) is 14.0 Å². The monoisotopic (exact) mass is 688 g/mol. The molecule has 5 aromatic rings. The summed E-state index contributed by atoms with van der Waals surface area (Å²) in [5, 5.41) is 3.27. The molecule has 1 aromatic heterocycles. The molecule has 1 saturated heterocycles. The molecule has 260 valence electrons. The Bertz CT molecular complexity index is 2040. The average Bonchev–Trinajstić information content (AvgIpc) is 3.42. The van der Waals surface area contributed by atoms with Gasteiger partial charge in [-0.1, -0.05) is 72.8 Å². The standard InChI is InChI=1S/C40H37FN4O6/c1-40(2,3)51-38(47)43-29-22-45(23-29)39(48)50-35-30-15-10-20-42-33(30)36(49-34(26-11-6-4-7-12-26)27-13-8-5-9-14-27)32-31(35)24-44(37(32)46)21-25-16-18-28(41)19-17-25/h4-20,29,34H,21-24H2,1-3H3,(H,43,47). The highest BCUT2D eigenvalue weighted by atomic mass is 19.1. The fraction of sp³-hybridized carbons (Fsp3) is 0.250. The summed E-state index contributed by atoms with van der Waals surface area (Å²) in [5.41, 5.74) is 2.92. The van der Waals surface area contributed by atoms with Crippen LogP contribution in [0.2, 0.25) is 0 Å². The van der Waals surface area contributed by atoms with Crippen LogP contribution < -0.4 is 14.8 Å². The van der Waals surface area contributed by atoms with E-state index in [0.717, 1.165) is 16.7 Å². The fourth-order valence-corrected chi connectivity index (χ4v) is 6.32. The summed E-state index contributed by atoms with van der Waals surface area (Å²) >= 11 is 0. The zero-order valence-electron chi connectivity index (χ0n) is 28.5. The molecule has 0 saturated carbocycles. The molecule has 0 atom stereocenters. The average molecular weight is 689 g/mol. The van der Waals surface area contributed by atoms with Crippen LogP contribution in [0.5, 0.6) is 11.5 Å². The van der Waals surface area contributed by atoms with Crippen LogP contribution in [0.15, 0.2) is 103 Å². The molecule has 10 nitrogen and oxygen atoms in total. The molecule has 3 amide bonds. The van der Waals surface area contributed by atoms with Crippen molar-refractivity contribution in [2.75, 3.05) is 13.1 Å². The van der Waals surface area contributed by atoms with Crippen molar-refractivity contribution in [2.45, 2.75) is 51.6 Å². The smallest absolute Gasteiger partial charge is 0.415 e. The van der Waals surface area contributed by atoms with Gasteiger partial charge in [0.2, 0.25) is 0 Å². The molecule has 1 N–H and O–H groups in total. The van der Waals surface area contributed by atoms with E-state index in [-0.39, 0.29) is 61.0 Å². The fourth-order valence-electron chi connectivity index (χ4n) is 6.32. The predicted octanol–water partition coefficient (Wildman–Crippen LogP) is 7.41. The summed E-state index contributed by atoms with van der Waals surface area (Å²) in [4.78, 5) is 48.0. The molecule has 2 aliphatic rings. The van der Waals surface area contributed by atoms with E-state index in [1.165, 1.54) is 17.0 Å². The molecule has 11 heteroatoms. The lowest BCUT2D eigenvalue weighted by Gasteiger charge is -2.38. The Morgan fingerprint density at radius 3 is 2.18 bits per heavy atom. The van der Waals surface area contributed by atoms with Crippen molar-refractivity contribution < 1.29 is 33.0 Å². The van der Waals surface area contributed by atoms with Crippen molar-refractivity contribution in [1.29, 1.82) is 0 Å². The van der Waals surface area contributed by atoms with Gasteiger partial charge in [-0.3, -0.25) is 9.78 Å². The molecule has 2 aliphatic heterocycles. The summed E-state index contributed by atoms with van der Waals surface area (Å²) in [6.45, 7) is 6.08. The number of carbonyl (C=O) groups excluding carboxylic acids is 3. The van der Waals surface area contributed by atoms with Crippen molar-refractivity contribution >= 4 is 29.0 Å². The van der Waals surface area contributed by atoms with Gasteiger partial charge in [0.1, 0.15) is 28.8 Å². The van der Waals surface area contributed by atoms with Crippen LogP contribution in [-0.4, -0.2) is 57.6 Å². The Kier molecular flexibility index (Phi) is 9.03. The van der Waals surface area contributed by atoms with E-state index in [0.29, 0.717) is 16.5 Å². The van der Waals surface area contributed by atoms with Crippen LogP contribution in [0.25, 0.3) is 10.9 Å². The predicted molar refractivity (Wildman–Crippen MR) is 188 cm³/mol. The highest BCUT2D eigenvalue weighted by Crippen LogP contribution is 2.46. The zero-order valence-corrected chi connectivity index (χ0v) is 28.5. The summed E-state index contributed by atoms with van der Waals surface area (Å²) in [6.07, 6.45) is -0.181. The number of hydrogen-bond acceptors (Lipinski definition) is 7. The first-order valence-electron chi connectivity index (χ1n) is 16.7. The van der Waals surface area contributed by atoms with Gasteiger partial charge in [0.15, 0.2) is 5.75 Å². The van der Waals surface area contributed by atoms with Crippen molar-refractivity contribution in [3.63, 3.8) is 0 Å². The van der Waals surface area contributed by atoms with Crippen molar-refractivity contribution in [1.82, 2.24) is 20.1 Å². The number of rotatable bonds is 8. The molecule has 51 heavy (non-hydrogen) atoms. The molecule has 4 aromatic carbocycles. The number of ether oxygens (including phenoxy) is 3. The third kappa shape index (κ3) is 7.19. The van der Waals surface area contributed by atoms with E-state index >= 15 is 0 Å². The summed E-state index contributed by atoms with van der Waals surface area (Å²) in [6, 6.07) is 28.6. The minimum Gasteiger partial charge on any atom is -0.478 e. The second kappa shape index (κ2) is 13.7. The van der Waals surface area contributed by atoms with Crippen LogP contribution in [0, 0.1) is 5.82 Å². The summed E-state index contributed by atoms with van der Waals surface area (Å²) < 4.78 is 32.1. The van der Waals surface area contributed by atoms with E-state index in [9.17, 15) is 18.8 Å². The first-order valence-corrected chi connectivity index (χ1v) is 16.7. The third-order valence-electron chi connectivity index (χ3n) is 8.70. The maximum atomic E-state index is 14.4. The lowest BCUT2D eigenvalue weighted by atomic mass is 9.99. The maximum Gasteiger partial charge on any atom is 0.415 e. The molecule has 0 aliphatic carbocycles. The first kappa shape index (κ1) is 33.5. The van der Waals surface area contributed by atoms with Gasteiger partial charge >= 0.3 is 12.2 Å². The molecule has 1 fully saturated rings. The molecule has 7 rings (SSSR count). The number of nitrogens with one attached hydrogen (secondary N) is 1. The van der Waals surface area contributed by atoms with Gasteiger partial charge in [-0.2, -0.15) is 0 Å². The number of benzene rings is 4. The molecule has 3 heterocycles. The Hall–Kier alpha value is -5.97. The topological polar surface area (TPSA) is 110 Å². The van der Waals surface area contributed by atoms with Crippen molar-refractivity contribution in [3.8, 4) is 11.5 Å². The number of likely N-dealkylation sites (tertiary alicyclic amines) is 1. The Balaban J connectivity index is 1.26. The lowest BCUT2D eigenvalue weighted by Crippen LogP contribution is -2.61. The highest BCUT2D eigenvalue weighted by Gasteiger charge is 2.40. The van der Waals surface area contributed by atoms with Crippen LogP contribution in [0.1, 0.15) is 59.5 Å². The second-order valence-corrected chi connectivity index (χ2v) is 13.6. The molecule has 0 radical (unpaired) electrons. The van der Waals surface area contributed by atoms with Gasteiger partial charge in [0, 0.05) is 36.8 Å². The number of amides is 3. The molecule has 0 spiro atoms. The van der Waals surface area contributed by atoms with E-state index < -0.39 is 23.9 Å². The first-order chi connectivity index (χ1) is 24.5. The van der Waals surface area contributed by atoms with Gasteiger partial charge < -0.3 is 29.3 Å². The number of hydrogen-bond donors (Lipinski definition) is 1. The van der Waals surface area contributed by atoms with E-state index in [1.54, 1.807) is 56.1 Å². The van der Waals surface area contributed by atoms with Gasteiger partial charge in [-0.15, -0.1) is 0 Å². The number of nitrogens with zero attached hydrogens (tertiary/aromatic N) is 3. The quantitative estimate of drug-likeness (QED) is 0.181. The van der Waals surface area contributed by atoms with Gasteiger partial charge in [0.25, 0.3) is 5.91 Å². The Morgan fingerprint density at radius 2 is 1.55 bits per heavy atom. The van der Waals surface area contributed by atoms with E-state index in [4.69, 9.17) is 14.2 Å². The minimum absolute atomic E-state index is 0.111. The number of alkyl carbamates (subject to hydrolysis) is 1. The van der Waals surface area contributed by atoms with Crippen molar-refractivity contribution in [3.05, 3.63) is 137 Å². The number of aromatic nitrogens is 1. The van der Waals surface area contributed by atoms with Crippen LogP contribution in [0.3, 0.4) is 0 Å². The number of pyridine rings is 1. The summed E-state index contributed by atoms with van der Waals surface area (Å²) in [7, 11) is 0. The molecule has 0 unspecified atom stereocenters. The van der Waals surface area contributed by atoms with Gasteiger partial charge in [0.05, 0.1) is 18.2 Å². The zero-order chi connectivity index (χ0) is 35.7. The summed E-state index contributed by atoms with van der Waals surface area (Å²) in [5.74, 6) is -0.228. The maximum absolute atomic E-state index is 14.4. The second-order valence-electron chi connectivity index (χ2n) is 13.6. The number of fused-ring (bicyclic) bond motifs is 2. The van der Waals surface area contributed by atoms with Crippen LogP contribution in [0.4, 0.5) is 14.0 Å².